The van der Waals surface area contributed by atoms with E-state index in [1.165, 1.54) is 6.08 Å². The predicted octanol–water partition coefficient (Wildman–Crippen LogP) is 6.52. The maximum Gasteiger partial charge on any atom is 0.185 e. The summed E-state index contributed by atoms with van der Waals surface area (Å²) in [6.07, 6.45) is 3.23. The first-order valence-electron chi connectivity index (χ1n) is 9.58. The van der Waals surface area contributed by atoms with Crippen LogP contribution in [0.3, 0.4) is 0 Å². The van der Waals surface area contributed by atoms with Crippen LogP contribution in [0, 0.1) is 13.8 Å². The highest BCUT2D eigenvalue weighted by Crippen LogP contribution is 2.20. The number of allylic oxidation sites excluding steroid dienone is 1. The van der Waals surface area contributed by atoms with Crippen LogP contribution in [0.1, 0.15) is 33.0 Å². The van der Waals surface area contributed by atoms with Crippen molar-refractivity contribution in [2.45, 2.75) is 20.5 Å². The summed E-state index contributed by atoms with van der Waals surface area (Å²) in [6, 6.07) is 23.5. The zero-order valence-electron chi connectivity index (χ0n) is 16.5. The molecule has 3 nitrogen and oxygen atoms in total. The Hall–Kier alpha value is -3.59. The van der Waals surface area contributed by atoms with Gasteiger partial charge < -0.3 is 9.15 Å². The van der Waals surface area contributed by atoms with E-state index in [1.807, 2.05) is 80.6 Å². The molecule has 4 rings (SSSR count). The van der Waals surface area contributed by atoms with Gasteiger partial charge in [0.2, 0.25) is 0 Å². The lowest BCUT2D eigenvalue weighted by molar-refractivity contribution is 0.104. The van der Waals surface area contributed by atoms with Crippen LogP contribution in [-0.4, -0.2) is 5.78 Å². The van der Waals surface area contributed by atoms with Crippen molar-refractivity contribution < 1.29 is 13.9 Å². The van der Waals surface area contributed by atoms with Gasteiger partial charge in [0.1, 0.15) is 23.9 Å². The zero-order chi connectivity index (χ0) is 20.2. The van der Waals surface area contributed by atoms with Crippen LogP contribution in [0.5, 0.6) is 5.75 Å². The van der Waals surface area contributed by atoms with Gasteiger partial charge in [-0.25, -0.2) is 0 Å². The van der Waals surface area contributed by atoms with Crippen molar-refractivity contribution in [3.8, 4) is 5.75 Å². The number of carbonyl (C=O) groups excluding carboxylic acids is 1. The minimum atomic E-state index is -0.0554. The number of ether oxygens (including phenoxy) is 1. The Labute approximate surface area is 170 Å². The Balaban J connectivity index is 1.41. The second kappa shape index (κ2) is 8.19. The lowest BCUT2D eigenvalue weighted by Crippen LogP contribution is -1.94. The first-order chi connectivity index (χ1) is 14.1. The molecule has 0 radical (unpaired) electrons. The molecule has 0 spiro atoms. The van der Waals surface area contributed by atoms with Crippen molar-refractivity contribution >= 4 is 22.6 Å². The number of benzene rings is 3. The van der Waals surface area contributed by atoms with E-state index in [4.69, 9.17) is 9.15 Å². The van der Waals surface area contributed by atoms with Gasteiger partial charge in [-0.05, 0) is 78.2 Å². The van der Waals surface area contributed by atoms with Gasteiger partial charge in [-0.3, -0.25) is 4.79 Å². The van der Waals surface area contributed by atoms with Gasteiger partial charge in [-0.15, -0.1) is 0 Å². The summed E-state index contributed by atoms with van der Waals surface area (Å²) in [5.41, 5.74) is 2.98. The monoisotopic (exact) mass is 382 g/mol. The Morgan fingerprint density at radius 1 is 0.897 bits per heavy atom. The third-order valence-electron chi connectivity index (χ3n) is 4.69. The van der Waals surface area contributed by atoms with Crippen molar-refractivity contribution in [1.82, 2.24) is 0 Å². The van der Waals surface area contributed by atoms with Gasteiger partial charge in [-0.2, -0.15) is 0 Å². The molecule has 0 unspecified atom stereocenters. The highest BCUT2D eigenvalue weighted by Gasteiger charge is 2.05. The van der Waals surface area contributed by atoms with E-state index in [-0.39, 0.29) is 5.78 Å². The van der Waals surface area contributed by atoms with Crippen LogP contribution < -0.4 is 4.74 Å². The fraction of sp³-hybridized carbons (Fsp3) is 0.115. The van der Waals surface area contributed by atoms with Crippen LogP contribution >= 0.6 is 0 Å². The molecule has 0 aliphatic rings. The van der Waals surface area contributed by atoms with Gasteiger partial charge in [0, 0.05) is 5.56 Å². The van der Waals surface area contributed by atoms with Crippen molar-refractivity contribution in [3.63, 3.8) is 0 Å². The molecule has 1 heterocycles. The number of carbonyl (C=O) groups is 1. The number of ketones is 1. The molecule has 0 amide bonds. The number of furan rings is 1. The fourth-order valence-electron chi connectivity index (χ4n) is 3.33. The molecule has 0 saturated heterocycles. The van der Waals surface area contributed by atoms with Crippen LogP contribution in [0.15, 0.2) is 83.3 Å². The Morgan fingerprint density at radius 2 is 1.66 bits per heavy atom. The summed E-state index contributed by atoms with van der Waals surface area (Å²) >= 11 is 0. The first kappa shape index (κ1) is 18.8. The van der Waals surface area contributed by atoms with Crippen LogP contribution in [0.25, 0.3) is 16.8 Å². The summed E-state index contributed by atoms with van der Waals surface area (Å²) in [5, 5.41) is 2.17. The minimum Gasteiger partial charge on any atom is -0.486 e. The van der Waals surface area contributed by atoms with Gasteiger partial charge >= 0.3 is 0 Å². The molecule has 0 aliphatic heterocycles. The molecule has 3 aromatic carbocycles. The number of hydrogen-bond acceptors (Lipinski definition) is 3. The molecule has 0 atom stereocenters. The maximum absolute atomic E-state index is 12.5. The molecule has 3 heteroatoms. The molecule has 0 N–H and O–H groups in total. The van der Waals surface area contributed by atoms with Crippen molar-refractivity contribution in [3.05, 3.63) is 107 Å². The van der Waals surface area contributed by atoms with Crippen LogP contribution in [0.4, 0.5) is 0 Å². The summed E-state index contributed by atoms with van der Waals surface area (Å²) in [4.78, 5) is 12.5. The molecule has 4 aromatic rings. The second-order valence-electron chi connectivity index (χ2n) is 7.18. The number of fused-ring (bicyclic) bond motifs is 1. The Kier molecular flexibility index (Phi) is 5.30. The molecule has 29 heavy (non-hydrogen) atoms. The molecule has 0 saturated carbocycles. The lowest BCUT2D eigenvalue weighted by Gasteiger charge is -2.06. The number of hydrogen-bond donors (Lipinski definition) is 0. The summed E-state index contributed by atoms with van der Waals surface area (Å²) in [7, 11) is 0. The Morgan fingerprint density at radius 3 is 2.45 bits per heavy atom. The van der Waals surface area contributed by atoms with E-state index in [0.29, 0.717) is 23.7 Å². The van der Waals surface area contributed by atoms with Gasteiger partial charge in [0.25, 0.3) is 0 Å². The number of rotatable bonds is 6. The van der Waals surface area contributed by atoms with Gasteiger partial charge in [0.15, 0.2) is 5.78 Å². The quantitative estimate of drug-likeness (QED) is 0.281. The molecule has 0 aliphatic carbocycles. The van der Waals surface area contributed by atoms with E-state index >= 15 is 0 Å². The van der Waals surface area contributed by atoms with Crippen molar-refractivity contribution in [1.29, 1.82) is 0 Å². The van der Waals surface area contributed by atoms with Crippen molar-refractivity contribution in [2.75, 3.05) is 0 Å². The molecule has 144 valence electrons. The average molecular weight is 382 g/mol. The van der Waals surface area contributed by atoms with E-state index in [2.05, 4.69) is 6.07 Å². The van der Waals surface area contributed by atoms with E-state index < -0.39 is 0 Å². The fourth-order valence-corrected chi connectivity index (χ4v) is 3.33. The molecular formula is C26H22O3. The van der Waals surface area contributed by atoms with Crippen molar-refractivity contribution in [2.24, 2.45) is 0 Å². The maximum atomic E-state index is 12.5. The SMILES string of the molecule is Cc1cc(C)cc(OCc2ccc(/C=C/C(=O)c3ccc4ccccc4c3)o2)c1. The normalized spacial score (nSPS) is 11.2. The largest absolute Gasteiger partial charge is 0.486 e. The van der Waals surface area contributed by atoms with E-state index in [0.717, 1.165) is 27.6 Å². The third kappa shape index (κ3) is 4.64. The number of aryl methyl sites for hydroxylation is 2. The highest BCUT2D eigenvalue weighted by atomic mass is 16.5. The minimum absolute atomic E-state index is 0.0554. The van der Waals surface area contributed by atoms with E-state index in [9.17, 15) is 4.79 Å². The molecule has 1 aromatic heterocycles. The van der Waals surface area contributed by atoms with Crippen LogP contribution in [0.2, 0.25) is 0 Å². The lowest BCUT2D eigenvalue weighted by atomic mass is 10.0. The summed E-state index contributed by atoms with van der Waals surface area (Å²) in [5.74, 6) is 2.10. The zero-order valence-corrected chi connectivity index (χ0v) is 16.5. The standard InChI is InChI=1S/C26H22O3/c1-18-13-19(2)15-25(14-18)28-17-24-10-9-23(29-24)11-12-26(27)22-8-7-20-5-3-4-6-21(20)16-22/h3-16H,17H2,1-2H3/b12-11+. The van der Waals surface area contributed by atoms with Gasteiger partial charge in [0.05, 0.1) is 0 Å². The second-order valence-corrected chi connectivity index (χ2v) is 7.18. The smallest absolute Gasteiger partial charge is 0.185 e. The predicted molar refractivity (Wildman–Crippen MR) is 116 cm³/mol. The molecule has 0 fully saturated rings. The van der Waals surface area contributed by atoms with Crippen LogP contribution in [-0.2, 0) is 6.61 Å². The average Bonchev–Trinajstić information content (AvgIpc) is 3.17. The van der Waals surface area contributed by atoms with Gasteiger partial charge in [-0.1, -0.05) is 42.5 Å². The molecule has 0 bridgehead atoms. The highest BCUT2D eigenvalue weighted by molar-refractivity contribution is 6.08. The summed E-state index contributed by atoms with van der Waals surface area (Å²) in [6.45, 7) is 4.43. The van der Waals surface area contributed by atoms with E-state index in [1.54, 1.807) is 6.08 Å². The third-order valence-corrected chi connectivity index (χ3v) is 4.69. The Bertz CT molecular complexity index is 1180. The topological polar surface area (TPSA) is 39.4 Å². The first-order valence-corrected chi connectivity index (χ1v) is 9.58. The molecular weight excluding hydrogens is 360 g/mol. The summed E-state index contributed by atoms with van der Waals surface area (Å²) < 4.78 is 11.6.